The number of nitrogens with one attached hydrogen (secondary N) is 1. The maximum Gasteiger partial charge on any atom is 0.220 e. The molecule has 0 aliphatic heterocycles. The Morgan fingerprint density at radius 3 is 1.12 bits per heavy atom. The Morgan fingerprint density at radius 2 is 0.791 bits per heavy atom. The third-order valence-electron chi connectivity index (χ3n) is 9.21. The molecule has 3 unspecified atom stereocenters. The SMILES string of the molecule is CCCCCCCCCCCCCCCCCC(=O)NC(CO)C(O)C(O)CCCCCCCCCCCCCCCC. The summed E-state index contributed by atoms with van der Waals surface area (Å²) in [7, 11) is 0. The summed E-state index contributed by atoms with van der Waals surface area (Å²) < 4.78 is 0. The first-order chi connectivity index (χ1) is 21.1. The second-order valence-electron chi connectivity index (χ2n) is 13.5. The lowest BCUT2D eigenvalue weighted by Gasteiger charge is -2.26. The van der Waals surface area contributed by atoms with E-state index in [0.717, 1.165) is 32.1 Å². The second kappa shape index (κ2) is 34.2. The number of rotatable bonds is 35. The van der Waals surface area contributed by atoms with Gasteiger partial charge in [-0.1, -0.05) is 194 Å². The Kier molecular flexibility index (Phi) is 33.7. The molecule has 258 valence electrons. The zero-order valence-electron chi connectivity index (χ0n) is 29.1. The van der Waals surface area contributed by atoms with Gasteiger partial charge in [-0.05, 0) is 12.8 Å². The monoisotopic (exact) mass is 612 g/mol. The summed E-state index contributed by atoms with van der Waals surface area (Å²) in [6.07, 6.45) is 36.2. The highest BCUT2D eigenvalue weighted by atomic mass is 16.3. The van der Waals surface area contributed by atoms with Crippen LogP contribution in [0.5, 0.6) is 0 Å². The smallest absolute Gasteiger partial charge is 0.220 e. The van der Waals surface area contributed by atoms with E-state index in [1.165, 1.54) is 154 Å². The fourth-order valence-electron chi connectivity index (χ4n) is 6.16. The predicted octanol–water partition coefficient (Wildman–Crippen LogP) is 10.3. The first-order valence-electron chi connectivity index (χ1n) is 19.3. The lowest BCUT2D eigenvalue weighted by molar-refractivity contribution is -0.124. The molecule has 0 aromatic rings. The van der Waals surface area contributed by atoms with Crippen molar-refractivity contribution in [2.75, 3.05) is 6.61 Å². The predicted molar refractivity (Wildman–Crippen MR) is 186 cm³/mol. The largest absolute Gasteiger partial charge is 0.394 e. The van der Waals surface area contributed by atoms with E-state index in [4.69, 9.17) is 0 Å². The summed E-state index contributed by atoms with van der Waals surface area (Å²) >= 11 is 0. The van der Waals surface area contributed by atoms with Crippen molar-refractivity contribution in [2.45, 2.75) is 231 Å². The van der Waals surface area contributed by atoms with Gasteiger partial charge in [-0.2, -0.15) is 0 Å². The van der Waals surface area contributed by atoms with Crippen molar-refractivity contribution in [3.63, 3.8) is 0 Å². The molecule has 0 rings (SSSR count). The van der Waals surface area contributed by atoms with Crippen LogP contribution in [0.4, 0.5) is 0 Å². The summed E-state index contributed by atoms with van der Waals surface area (Å²) in [4.78, 5) is 12.4. The topological polar surface area (TPSA) is 89.8 Å². The minimum absolute atomic E-state index is 0.142. The quantitative estimate of drug-likeness (QED) is 0.0537. The zero-order chi connectivity index (χ0) is 31.6. The van der Waals surface area contributed by atoms with Crippen molar-refractivity contribution in [3.05, 3.63) is 0 Å². The fourth-order valence-corrected chi connectivity index (χ4v) is 6.16. The molecule has 0 aliphatic rings. The van der Waals surface area contributed by atoms with Gasteiger partial charge in [0, 0.05) is 6.42 Å². The van der Waals surface area contributed by atoms with E-state index in [-0.39, 0.29) is 12.5 Å². The van der Waals surface area contributed by atoms with E-state index in [2.05, 4.69) is 19.2 Å². The first kappa shape index (κ1) is 42.3. The van der Waals surface area contributed by atoms with Gasteiger partial charge in [-0.25, -0.2) is 0 Å². The van der Waals surface area contributed by atoms with Crippen LogP contribution in [0.25, 0.3) is 0 Å². The Hall–Kier alpha value is -0.650. The molecule has 0 spiro atoms. The zero-order valence-corrected chi connectivity index (χ0v) is 29.1. The molecular weight excluding hydrogens is 534 g/mol. The number of amides is 1. The van der Waals surface area contributed by atoms with Crippen molar-refractivity contribution >= 4 is 5.91 Å². The van der Waals surface area contributed by atoms with Crippen molar-refractivity contribution in [1.82, 2.24) is 5.32 Å². The molecule has 0 saturated carbocycles. The van der Waals surface area contributed by atoms with Crippen molar-refractivity contribution in [1.29, 1.82) is 0 Å². The summed E-state index contributed by atoms with van der Waals surface area (Å²) in [6.45, 7) is 4.18. The molecule has 3 atom stereocenters. The normalized spacial score (nSPS) is 13.7. The van der Waals surface area contributed by atoms with Gasteiger partial charge in [0.25, 0.3) is 0 Å². The highest BCUT2D eigenvalue weighted by Crippen LogP contribution is 2.16. The van der Waals surface area contributed by atoms with Gasteiger partial charge in [-0.15, -0.1) is 0 Å². The molecule has 1 amide bonds. The van der Waals surface area contributed by atoms with Gasteiger partial charge >= 0.3 is 0 Å². The Morgan fingerprint density at radius 1 is 0.488 bits per heavy atom. The van der Waals surface area contributed by atoms with E-state index >= 15 is 0 Å². The summed E-state index contributed by atoms with van der Waals surface area (Å²) in [5.74, 6) is -0.142. The van der Waals surface area contributed by atoms with Gasteiger partial charge in [-0.3, -0.25) is 4.79 Å². The van der Waals surface area contributed by atoms with Crippen LogP contribution in [0.3, 0.4) is 0 Å². The van der Waals surface area contributed by atoms with E-state index in [9.17, 15) is 20.1 Å². The Balaban J connectivity index is 3.64. The minimum atomic E-state index is -1.13. The van der Waals surface area contributed by atoms with E-state index < -0.39 is 18.2 Å². The van der Waals surface area contributed by atoms with Crippen LogP contribution in [0, 0.1) is 0 Å². The van der Waals surface area contributed by atoms with Gasteiger partial charge in [0.05, 0.1) is 18.8 Å². The molecule has 0 bridgehead atoms. The fraction of sp³-hybridized carbons (Fsp3) is 0.974. The van der Waals surface area contributed by atoms with Crippen molar-refractivity contribution in [2.24, 2.45) is 0 Å². The Labute approximate surface area is 268 Å². The molecule has 0 radical (unpaired) electrons. The highest BCUT2D eigenvalue weighted by Gasteiger charge is 2.26. The van der Waals surface area contributed by atoms with Crippen LogP contribution in [-0.4, -0.2) is 46.1 Å². The van der Waals surface area contributed by atoms with Gasteiger partial charge < -0.3 is 20.6 Å². The molecule has 0 fully saturated rings. The number of hydrogen-bond donors (Lipinski definition) is 4. The molecule has 0 aromatic carbocycles. The molecule has 5 nitrogen and oxygen atoms in total. The lowest BCUT2D eigenvalue weighted by Crippen LogP contribution is -2.50. The number of aliphatic hydroxyl groups is 3. The van der Waals surface area contributed by atoms with E-state index in [0.29, 0.717) is 12.8 Å². The molecule has 43 heavy (non-hydrogen) atoms. The molecular formula is C38H77NO4. The van der Waals surface area contributed by atoms with Crippen LogP contribution in [0.15, 0.2) is 0 Å². The molecule has 5 heteroatoms. The van der Waals surface area contributed by atoms with Crippen LogP contribution in [0.2, 0.25) is 0 Å². The van der Waals surface area contributed by atoms with Crippen LogP contribution >= 0.6 is 0 Å². The average molecular weight is 612 g/mol. The van der Waals surface area contributed by atoms with Gasteiger partial charge in [0.2, 0.25) is 5.91 Å². The van der Waals surface area contributed by atoms with Crippen molar-refractivity contribution in [3.8, 4) is 0 Å². The highest BCUT2D eigenvalue weighted by molar-refractivity contribution is 5.76. The summed E-state index contributed by atoms with van der Waals surface area (Å²) in [5.41, 5.74) is 0. The third kappa shape index (κ3) is 29.8. The number of hydrogen-bond acceptors (Lipinski definition) is 4. The standard InChI is InChI=1S/C38H77NO4/c1-3-5-7-9-11-13-15-17-19-21-23-25-27-29-31-33-37(42)39-35(34-40)38(43)36(41)32-30-28-26-24-22-20-18-16-14-12-10-8-6-4-2/h35-36,38,40-41,43H,3-34H2,1-2H3,(H,39,42). The number of carbonyl (C=O) groups is 1. The van der Waals surface area contributed by atoms with Crippen LogP contribution < -0.4 is 5.32 Å². The molecule has 4 N–H and O–H groups in total. The molecule has 0 saturated heterocycles. The average Bonchev–Trinajstić information content (AvgIpc) is 3.01. The minimum Gasteiger partial charge on any atom is -0.394 e. The summed E-state index contributed by atoms with van der Waals surface area (Å²) in [6, 6.07) is -0.800. The number of aliphatic hydroxyl groups excluding tert-OH is 3. The maximum atomic E-state index is 12.4. The summed E-state index contributed by atoms with van der Waals surface area (Å²) in [5, 5.41) is 33.4. The number of unbranched alkanes of at least 4 members (excludes halogenated alkanes) is 27. The van der Waals surface area contributed by atoms with E-state index in [1.807, 2.05) is 0 Å². The molecule has 0 aromatic heterocycles. The van der Waals surface area contributed by atoms with Crippen molar-refractivity contribution < 1.29 is 20.1 Å². The van der Waals surface area contributed by atoms with Gasteiger partial charge in [0.1, 0.15) is 6.10 Å². The molecule has 0 aliphatic carbocycles. The molecule has 0 heterocycles. The third-order valence-corrected chi connectivity index (χ3v) is 9.21. The van der Waals surface area contributed by atoms with E-state index in [1.54, 1.807) is 0 Å². The first-order valence-corrected chi connectivity index (χ1v) is 19.3. The van der Waals surface area contributed by atoms with Gasteiger partial charge in [0.15, 0.2) is 0 Å². The number of carbonyl (C=O) groups excluding carboxylic acids is 1. The maximum absolute atomic E-state index is 12.4. The second-order valence-corrected chi connectivity index (χ2v) is 13.5. The van der Waals surface area contributed by atoms with Crippen LogP contribution in [0.1, 0.15) is 213 Å². The van der Waals surface area contributed by atoms with Crippen LogP contribution in [-0.2, 0) is 4.79 Å². The Bertz CT molecular complexity index is 558. The lowest BCUT2D eigenvalue weighted by atomic mass is 9.99.